The number of nitrogens with one attached hydrogen (secondary N) is 1. The minimum absolute atomic E-state index is 0.0136. The highest BCUT2D eigenvalue weighted by Crippen LogP contribution is 2.15. The normalized spacial score (nSPS) is 14.0. The molecule has 28 heavy (non-hydrogen) atoms. The third-order valence-electron chi connectivity index (χ3n) is 4.71. The van der Waals surface area contributed by atoms with Gasteiger partial charge in [-0.25, -0.2) is 8.78 Å². The van der Waals surface area contributed by atoms with Gasteiger partial charge >= 0.3 is 0 Å². The van der Waals surface area contributed by atoms with Gasteiger partial charge in [0.25, 0.3) is 5.91 Å². The van der Waals surface area contributed by atoms with E-state index in [0.29, 0.717) is 26.2 Å². The van der Waals surface area contributed by atoms with Crippen LogP contribution < -0.4 is 5.32 Å². The minimum Gasteiger partial charge on any atom is -0.339 e. The Labute approximate surface area is 162 Å². The summed E-state index contributed by atoms with van der Waals surface area (Å²) in [5.74, 6) is -2.78. The molecule has 3 rings (SSSR count). The molecule has 1 heterocycles. The van der Waals surface area contributed by atoms with Crippen LogP contribution in [-0.4, -0.2) is 54.3 Å². The van der Waals surface area contributed by atoms with Crippen LogP contribution in [0.25, 0.3) is 0 Å². The summed E-state index contributed by atoms with van der Waals surface area (Å²) >= 11 is 0. The Hall–Kier alpha value is -2.80. The number of halogens is 2. The highest BCUT2D eigenvalue weighted by Gasteiger charge is 2.24. The third-order valence-corrected chi connectivity index (χ3v) is 4.71. The number of rotatable bonds is 5. The zero-order valence-corrected chi connectivity index (χ0v) is 15.8. The minimum atomic E-state index is -1.09. The van der Waals surface area contributed by atoms with Crippen molar-refractivity contribution in [1.29, 1.82) is 0 Å². The largest absolute Gasteiger partial charge is 0.339 e. The van der Waals surface area contributed by atoms with Gasteiger partial charge in [0.2, 0.25) is 5.91 Å². The summed E-state index contributed by atoms with van der Waals surface area (Å²) in [4.78, 5) is 28.7. The highest BCUT2D eigenvalue weighted by molar-refractivity contribution is 5.96. The number of piperazine rings is 1. The van der Waals surface area contributed by atoms with Crippen LogP contribution in [-0.2, 0) is 11.3 Å². The molecule has 0 unspecified atom stereocenters. The van der Waals surface area contributed by atoms with Crippen LogP contribution in [0.15, 0.2) is 42.5 Å². The van der Waals surface area contributed by atoms with E-state index in [4.69, 9.17) is 0 Å². The molecule has 0 bridgehead atoms. The van der Waals surface area contributed by atoms with Gasteiger partial charge in [0.05, 0.1) is 0 Å². The average molecular weight is 387 g/mol. The van der Waals surface area contributed by atoms with E-state index in [1.54, 1.807) is 4.90 Å². The SMILES string of the molecule is Cc1cccc(CN(CC(=O)N2CCNCC2)C(=O)c2ccc(F)c(F)c2)c1. The van der Waals surface area contributed by atoms with E-state index in [1.807, 2.05) is 31.2 Å². The molecular weight excluding hydrogens is 364 g/mol. The molecule has 148 valence electrons. The number of nitrogens with zero attached hydrogens (tertiary/aromatic N) is 2. The van der Waals surface area contributed by atoms with Gasteiger partial charge in [-0.1, -0.05) is 29.8 Å². The first-order chi connectivity index (χ1) is 13.4. The Morgan fingerprint density at radius 1 is 1.07 bits per heavy atom. The first-order valence-electron chi connectivity index (χ1n) is 9.22. The Balaban J connectivity index is 1.83. The molecule has 2 aromatic carbocycles. The number of aryl methyl sites for hydroxylation is 1. The Morgan fingerprint density at radius 2 is 1.82 bits per heavy atom. The molecule has 2 aromatic rings. The lowest BCUT2D eigenvalue weighted by Crippen LogP contribution is -2.50. The number of carbonyl (C=O) groups excluding carboxylic acids is 2. The topological polar surface area (TPSA) is 52.7 Å². The summed E-state index contributed by atoms with van der Waals surface area (Å²) in [6, 6.07) is 10.6. The molecule has 0 aliphatic carbocycles. The Kier molecular flexibility index (Phi) is 6.36. The Morgan fingerprint density at radius 3 is 2.50 bits per heavy atom. The molecule has 7 heteroatoms. The fourth-order valence-electron chi connectivity index (χ4n) is 3.22. The molecule has 1 aliphatic rings. The van der Waals surface area contributed by atoms with Crippen LogP contribution in [0, 0.1) is 18.6 Å². The van der Waals surface area contributed by atoms with Crippen LogP contribution >= 0.6 is 0 Å². The lowest BCUT2D eigenvalue weighted by molar-refractivity contribution is -0.132. The molecule has 0 radical (unpaired) electrons. The van der Waals surface area contributed by atoms with Gasteiger partial charge in [-0.3, -0.25) is 9.59 Å². The summed E-state index contributed by atoms with van der Waals surface area (Å²) in [5.41, 5.74) is 1.91. The number of benzene rings is 2. The molecule has 5 nitrogen and oxygen atoms in total. The maximum Gasteiger partial charge on any atom is 0.254 e. The summed E-state index contributed by atoms with van der Waals surface area (Å²) in [6.45, 7) is 4.61. The van der Waals surface area contributed by atoms with Crippen molar-refractivity contribution >= 4 is 11.8 Å². The van der Waals surface area contributed by atoms with Crippen molar-refractivity contribution in [2.45, 2.75) is 13.5 Å². The van der Waals surface area contributed by atoms with E-state index >= 15 is 0 Å². The second-order valence-electron chi connectivity index (χ2n) is 6.91. The van der Waals surface area contributed by atoms with Crippen molar-refractivity contribution in [3.05, 3.63) is 70.8 Å². The quantitative estimate of drug-likeness (QED) is 0.857. The lowest BCUT2D eigenvalue weighted by atomic mass is 10.1. The predicted molar refractivity (Wildman–Crippen MR) is 102 cm³/mol. The number of carbonyl (C=O) groups is 2. The standard InChI is InChI=1S/C21H23F2N3O2/c1-15-3-2-4-16(11-15)13-26(14-20(27)25-9-7-24-8-10-25)21(28)17-5-6-18(22)19(23)12-17/h2-6,11-12,24H,7-10,13-14H2,1H3. The van der Waals surface area contributed by atoms with Crippen LogP contribution in [0.3, 0.4) is 0 Å². The van der Waals surface area contributed by atoms with Crippen molar-refractivity contribution in [2.24, 2.45) is 0 Å². The van der Waals surface area contributed by atoms with Crippen molar-refractivity contribution in [2.75, 3.05) is 32.7 Å². The van der Waals surface area contributed by atoms with Crippen LogP contribution in [0.4, 0.5) is 8.78 Å². The van der Waals surface area contributed by atoms with Crippen LogP contribution in [0.5, 0.6) is 0 Å². The molecular formula is C21H23F2N3O2. The maximum atomic E-state index is 13.6. The molecule has 1 fully saturated rings. The molecule has 1 saturated heterocycles. The summed E-state index contributed by atoms with van der Waals surface area (Å²) in [5, 5.41) is 3.18. The molecule has 0 spiro atoms. The highest BCUT2D eigenvalue weighted by atomic mass is 19.2. The lowest BCUT2D eigenvalue weighted by Gasteiger charge is -2.30. The zero-order valence-electron chi connectivity index (χ0n) is 15.8. The second-order valence-corrected chi connectivity index (χ2v) is 6.91. The summed E-state index contributed by atoms with van der Waals surface area (Å²) < 4.78 is 26.8. The predicted octanol–water partition coefficient (Wildman–Crippen LogP) is 2.35. The number of amides is 2. The van der Waals surface area contributed by atoms with E-state index < -0.39 is 17.5 Å². The Bertz CT molecular complexity index is 866. The van der Waals surface area contributed by atoms with E-state index in [-0.39, 0.29) is 24.6 Å². The molecule has 1 aliphatic heterocycles. The molecule has 0 atom stereocenters. The fraction of sp³-hybridized carbons (Fsp3) is 0.333. The monoisotopic (exact) mass is 387 g/mol. The first-order valence-corrected chi connectivity index (χ1v) is 9.22. The van der Waals surface area contributed by atoms with Crippen molar-refractivity contribution in [3.8, 4) is 0 Å². The zero-order chi connectivity index (χ0) is 20.1. The van der Waals surface area contributed by atoms with Gasteiger partial charge in [0.15, 0.2) is 11.6 Å². The second kappa shape index (κ2) is 8.93. The molecule has 0 saturated carbocycles. The first kappa shape index (κ1) is 19.9. The fourth-order valence-corrected chi connectivity index (χ4v) is 3.22. The van der Waals surface area contributed by atoms with Gasteiger partial charge < -0.3 is 15.1 Å². The average Bonchev–Trinajstić information content (AvgIpc) is 2.69. The summed E-state index contributed by atoms with van der Waals surface area (Å²) in [6.07, 6.45) is 0. The van der Waals surface area contributed by atoms with E-state index in [0.717, 1.165) is 23.3 Å². The molecule has 1 N–H and O–H groups in total. The number of hydrogen-bond acceptors (Lipinski definition) is 3. The maximum absolute atomic E-state index is 13.6. The van der Waals surface area contributed by atoms with E-state index in [2.05, 4.69) is 5.32 Å². The van der Waals surface area contributed by atoms with E-state index in [9.17, 15) is 18.4 Å². The smallest absolute Gasteiger partial charge is 0.254 e. The van der Waals surface area contributed by atoms with E-state index in [1.165, 1.54) is 11.0 Å². The molecule has 2 amide bonds. The summed E-state index contributed by atoms with van der Waals surface area (Å²) in [7, 11) is 0. The van der Waals surface area contributed by atoms with Gasteiger partial charge in [-0.2, -0.15) is 0 Å². The van der Waals surface area contributed by atoms with Crippen LogP contribution in [0.1, 0.15) is 21.5 Å². The van der Waals surface area contributed by atoms with Crippen LogP contribution in [0.2, 0.25) is 0 Å². The van der Waals surface area contributed by atoms with Gasteiger partial charge in [-0.05, 0) is 30.7 Å². The van der Waals surface area contributed by atoms with Gasteiger partial charge in [0, 0.05) is 38.3 Å². The van der Waals surface area contributed by atoms with Crippen molar-refractivity contribution in [3.63, 3.8) is 0 Å². The number of hydrogen-bond donors (Lipinski definition) is 1. The van der Waals surface area contributed by atoms with Crippen molar-refractivity contribution < 1.29 is 18.4 Å². The molecule has 0 aromatic heterocycles. The van der Waals surface area contributed by atoms with Gasteiger partial charge in [0.1, 0.15) is 6.54 Å². The third kappa shape index (κ3) is 4.92. The van der Waals surface area contributed by atoms with Gasteiger partial charge in [-0.15, -0.1) is 0 Å². The van der Waals surface area contributed by atoms with Crippen molar-refractivity contribution in [1.82, 2.24) is 15.1 Å².